The van der Waals surface area contributed by atoms with Crippen LogP contribution in [0.4, 0.5) is 4.39 Å². The third-order valence-corrected chi connectivity index (χ3v) is 3.23. The van der Waals surface area contributed by atoms with E-state index < -0.39 is 0 Å². The van der Waals surface area contributed by atoms with Gasteiger partial charge in [-0.25, -0.2) is 14.2 Å². The number of aromatic nitrogens is 3. The van der Waals surface area contributed by atoms with Crippen molar-refractivity contribution in [1.82, 2.24) is 14.5 Å². The summed E-state index contributed by atoms with van der Waals surface area (Å²) in [6, 6.07) is 6.95. The van der Waals surface area contributed by atoms with Gasteiger partial charge in [-0.3, -0.25) is 4.57 Å². The fourth-order valence-electron chi connectivity index (χ4n) is 2.13. The second-order valence-electron chi connectivity index (χ2n) is 4.52. The van der Waals surface area contributed by atoms with E-state index in [1.807, 2.05) is 0 Å². The van der Waals surface area contributed by atoms with E-state index in [9.17, 15) is 9.18 Å². The van der Waals surface area contributed by atoms with Crippen molar-refractivity contribution in [1.29, 1.82) is 0 Å². The van der Waals surface area contributed by atoms with Gasteiger partial charge < -0.3 is 4.98 Å². The zero-order chi connectivity index (χ0) is 13.6. The Hall–Kier alpha value is -2.43. The summed E-state index contributed by atoms with van der Waals surface area (Å²) in [6.07, 6.45) is 1.58. The molecule has 19 heavy (non-hydrogen) atoms. The fourth-order valence-corrected chi connectivity index (χ4v) is 2.13. The summed E-state index contributed by atoms with van der Waals surface area (Å²) in [7, 11) is 1.64. The first kappa shape index (κ1) is 11.6. The van der Waals surface area contributed by atoms with Crippen LogP contribution in [0.2, 0.25) is 0 Å². The third-order valence-electron chi connectivity index (χ3n) is 3.23. The van der Waals surface area contributed by atoms with E-state index in [0.717, 1.165) is 0 Å². The Kier molecular flexibility index (Phi) is 2.48. The molecule has 0 aliphatic carbocycles. The molecule has 0 radical (unpaired) electrons. The van der Waals surface area contributed by atoms with Gasteiger partial charge in [-0.2, -0.15) is 0 Å². The molecule has 2 heterocycles. The van der Waals surface area contributed by atoms with Gasteiger partial charge in [-0.05, 0) is 18.6 Å². The summed E-state index contributed by atoms with van der Waals surface area (Å²) in [5.74, 6) is -0.262. The van der Waals surface area contributed by atoms with Crippen molar-refractivity contribution in [2.45, 2.75) is 6.92 Å². The van der Waals surface area contributed by atoms with Gasteiger partial charge in [0.25, 0.3) is 0 Å². The molecule has 2 aromatic heterocycles. The maximum atomic E-state index is 14.1. The number of aromatic amines is 1. The lowest BCUT2D eigenvalue weighted by molar-refractivity contribution is 0.622. The van der Waals surface area contributed by atoms with Gasteiger partial charge in [-0.15, -0.1) is 0 Å². The highest BCUT2D eigenvalue weighted by Gasteiger charge is 2.10. The van der Waals surface area contributed by atoms with Gasteiger partial charge in [-0.1, -0.05) is 18.2 Å². The molecule has 0 aliphatic rings. The van der Waals surface area contributed by atoms with E-state index >= 15 is 0 Å². The number of pyridine rings is 1. The SMILES string of the molecule is Cc1cccc(-c2cnc3c(c2)[nH]c(=O)n3C)c1F. The molecule has 5 heteroatoms. The number of benzene rings is 1. The maximum absolute atomic E-state index is 14.1. The zero-order valence-corrected chi connectivity index (χ0v) is 10.6. The molecule has 0 spiro atoms. The molecule has 0 fully saturated rings. The largest absolute Gasteiger partial charge is 0.327 e. The van der Waals surface area contributed by atoms with Crippen molar-refractivity contribution in [2.75, 3.05) is 0 Å². The topological polar surface area (TPSA) is 50.7 Å². The van der Waals surface area contributed by atoms with Gasteiger partial charge in [0, 0.05) is 24.4 Å². The minimum atomic E-state index is -0.262. The fraction of sp³-hybridized carbons (Fsp3) is 0.143. The summed E-state index contributed by atoms with van der Waals surface area (Å²) in [5, 5.41) is 0. The Morgan fingerprint density at radius 2 is 2.16 bits per heavy atom. The van der Waals surface area contributed by atoms with E-state index in [-0.39, 0.29) is 11.5 Å². The highest BCUT2D eigenvalue weighted by Crippen LogP contribution is 2.25. The Balaban J connectivity index is 2.26. The molecule has 0 aliphatic heterocycles. The number of hydrogen-bond acceptors (Lipinski definition) is 2. The van der Waals surface area contributed by atoms with Crippen molar-refractivity contribution in [3.05, 3.63) is 52.3 Å². The van der Waals surface area contributed by atoms with Crippen molar-refractivity contribution >= 4 is 11.2 Å². The minimum absolute atomic E-state index is 0.232. The van der Waals surface area contributed by atoms with Crippen molar-refractivity contribution in [3.63, 3.8) is 0 Å². The lowest BCUT2D eigenvalue weighted by atomic mass is 10.0. The van der Waals surface area contributed by atoms with Crippen LogP contribution in [0.15, 0.2) is 35.3 Å². The summed E-state index contributed by atoms with van der Waals surface area (Å²) >= 11 is 0. The first-order valence-corrected chi connectivity index (χ1v) is 5.88. The second-order valence-corrected chi connectivity index (χ2v) is 4.52. The monoisotopic (exact) mass is 257 g/mol. The number of H-pyrrole nitrogens is 1. The molecule has 96 valence electrons. The number of aryl methyl sites for hydroxylation is 2. The smallest absolute Gasteiger partial charge is 0.304 e. The number of imidazole rings is 1. The van der Waals surface area contributed by atoms with E-state index in [1.165, 1.54) is 4.57 Å². The van der Waals surface area contributed by atoms with Gasteiger partial charge in [0.15, 0.2) is 5.65 Å². The lowest BCUT2D eigenvalue weighted by Gasteiger charge is -2.05. The molecule has 4 nitrogen and oxygen atoms in total. The van der Waals surface area contributed by atoms with E-state index in [0.29, 0.717) is 27.9 Å². The number of fused-ring (bicyclic) bond motifs is 1. The third kappa shape index (κ3) is 1.74. The molecule has 0 amide bonds. The van der Waals surface area contributed by atoms with Gasteiger partial charge in [0.05, 0.1) is 5.52 Å². The van der Waals surface area contributed by atoms with E-state index in [1.54, 1.807) is 44.4 Å². The standard InChI is InChI=1S/C14H12FN3O/c1-8-4-3-5-10(12(8)15)9-6-11-13(16-7-9)18(2)14(19)17-11/h3-7H,1-2H3,(H,17,19). The number of halogens is 1. The van der Waals surface area contributed by atoms with Crippen LogP contribution in [-0.2, 0) is 7.05 Å². The molecule has 3 aromatic rings. The van der Waals surface area contributed by atoms with Crippen molar-refractivity contribution in [2.24, 2.45) is 7.05 Å². The lowest BCUT2D eigenvalue weighted by Crippen LogP contribution is -2.12. The molecular formula is C14H12FN3O. The summed E-state index contributed by atoms with van der Waals surface area (Å²) < 4.78 is 15.5. The molecule has 3 rings (SSSR count). The number of nitrogens with one attached hydrogen (secondary N) is 1. The van der Waals surface area contributed by atoms with Gasteiger partial charge in [0.2, 0.25) is 0 Å². The zero-order valence-electron chi connectivity index (χ0n) is 10.6. The second kappa shape index (κ2) is 4.05. The number of nitrogens with zero attached hydrogens (tertiary/aromatic N) is 2. The minimum Gasteiger partial charge on any atom is -0.304 e. The van der Waals surface area contributed by atoms with Gasteiger partial charge >= 0.3 is 5.69 Å². The first-order valence-electron chi connectivity index (χ1n) is 5.88. The average Bonchev–Trinajstić information content (AvgIpc) is 2.68. The molecule has 0 bridgehead atoms. The summed E-state index contributed by atoms with van der Waals surface area (Å²) in [4.78, 5) is 18.4. The Labute approximate surface area is 108 Å². The average molecular weight is 257 g/mol. The maximum Gasteiger partial charge on any atom is 0.327 e. The predicted octanol–water partition coefficient (Wildman–Crippen LogP) is 2.38. The van der Waals surface area contributed by atoms with Crippen LogP contribution < -0.4 is 5.69 Å². The van der Waals surface area contributed by atoms with Crippen LogP contribution in [0, 0.1) is 12.7 Å². The molecule has 0 atom stereocenters. The highest BCUT2D eigenvalue weighted by atomic mass is 19.1. The molecule has 0 saturated heterocycles. The molecule has 0 unspecified atom stereocenters. The number of rotatable bonds is 1. The normalized spacial score (nSPS) is 11.1. The van der Waals surface area contributed by atoms with Crippen molar-refractivity contribution < 1.29 is 4.39 Å². The molecule has 1 aromatic carbocycles. The summed E-state index contributed by atoms with van der Waals surface area (Å²) in [6.45, 7) is 1.72. The van der Waals surface area contributed by atoms with E-state index in [4.69, 9.17) is 0 Å². The van der Waals surface area contributed by atoms with Crippen LogP contribution >= 0.6 is 0 Å². The number of hydrogen-bond donors (Lipinski definition) is 1. The summed E-state index contributed by atoms with van der Waals surface area (Å²) in [5.41, 5.74) is 2.64. The van der Waals surface area contributed by atoms with Gasteiger partial charge in [0.1, 0.15) is 5.82 Å². The highest BCUT2D eigenvalue weighted by molar-refractivity contribution is 5.78. The quantitative estimate of drug-likeness (QED) is 0.727. The van der Waals surface area contributed by atoms with Crippen molar-refractivity contribution in [3.8, 4) is 11.1 Å². The molecular weight excluding hydrogens is 245 g/mol. The van der Waals surface area contributed by atoms with E-state index in [2.05, 4.69) is 9.97 Å². The molecule has 0 saturated carbocycles. The molecule has 1 N–H and O–H groups in total. The Morgan fingerprint density at radius 3 is 2.95 bits per heavy atom. The van der Waals surface area contributed by atoms with Crippen LogP contribution in [0.1, 0.15) is 5.56 Å². The Bertz CT molecular complexity index is 832. The first-order chi connectivity index (χ1) is 9.08. The van der Waals surface area contributed by atoms with Crippen LogP contribution in [0.25, 0.3) is 22.3 Å². The predicted molar refractivity (Wildman–Crippen MR) is 71.5 cm³/mol. The van der Waals surface area contributed by atoms with Crippen LogP contribution in [0.5, 0.6) is 0 Å². The van der Waals surface area contributed by atoms with Crippen LogP contribution in [0.3, 0.4) is 0 Å². The van der Waals surface area contributed by atoms with Crippen LogP contribution in [-0.4, -0.2) is 14.5 Å². The Morgan fingerprint density at radius 1 is 1.37 bits per heavy atom.